The van der Waals surface area contributed by atoms with Crippen LogP contribution in [-0.4, -0.2) is 0 Å². The molecule has 1 rings (SSSR count). The summed E-state index contributed by atoms with van der Waals surface area (Å²) < 4.78 is 0. The average molecular weight is 224 g/mol. The lowest BCUT2D eigenvalue weighted by Crippen LogP contribution is -2.27. The Balaban J connectivity index is 2.45. The van der Waals surface area contributed by atoms with E-state index in [2.05, 4.69) is 34.6 Å². The van der Waals surface area contributed by atoms with E-state index in [4.69, 9.17) is 0 Å². The average Bonchev–Trinajstić information content (AvgIpc) is 2.29. The van der Waals surface area contributed by atoms with Gasteiger partial charge < -0.3 is 0 Å². The zero-order valence-corrected chi connectivity index (χ0v) is 12.1. The van der Waals surface area contributed by atoms with E-state index in [0.717, 1.165) is 29.6 Å². The Kier molecular flexibility index (Phi) is 5.86. The van der Waals surface area contributed by atoms with Gasteiger partial charge in [-0.2, -0.15) is 0 Å². The van der Waals surface area contributed by atoms with Crippen molar-refractivity contribution in [2.45, 2.75) is 73.1 Å². The normalized spacial score (nSPS) is 30.4. The molecule has 0 radical (unpaired) electrons. The molecule has 0 N–H and O–H groups in total. The monoisotopic (exact) mass is 224 g/mol. The standard InChI is InChI=1S/C16H32/c1-6-14-8-10-15(11-9-14)13(5)16(7-2)12(3)4/h12-16H,6-11H2,1-5H3. The maximum atomic E-state index is 2.52. The van der Waals surface area contributed by atoms with Crippen LogP contribution in [0.4, 0.5) is 0 Å². The summed E-state index contributed by atoms with van der Waals surface area (Å²) in [7, 11) is 0. The van der Waals surface area contributed by atoms with Crippen molar-refractivity contribution in [3.8, 4) is 0 Å². The molecule has 1 aliphatic rings. The molecule has 0 nitrogen and oxygen atoms in total. The topological polar surface area (TPSA) is 0 Å². The molecule has 0 amide bonds. The smallest absolute Gasteiger partial charge is 0.0365 e. The van der Waals surface area contributed by atoms with Gasteiger partial charge in [0.25, 0.3) is 0 Å². The first-order valence-corrected chi connectivity index (χ1v) is 7.60. The third kappa shape index (κ3) is 3.50. The highest BCUT2D eigenvalue weighted by Crippen LogP contribution is 2.40. The summed E-state index contributed by atoms with van der Waals surface area (Å²) in [6.45, 7) is 12.1. The molecular formula is C16H32. The molecule has 0 aromatic rings. The molecule has 16 heavy (non-hydrogen) atoms. The maximum Gasteiger partial charge on any atom is -0.0365 e. The minimum atomic E-state index is 0.865. The molecule has 0 aromatic heterocycles. The van der Waals surface area contributed by atoms with Crippen molar-refractivity contribution in [3.63, 3.8) is 0 Å². The van der Waals surface area contributed by atoms with Gasteiger partial charge in [0.05, 0.1) is 0 Å². The Bertz CT molecular complexity index is 174. The van der Waals surface area contributed by atoms with Gasteiger partial charge in [-0.15, -0.1) is 0 Å². The van der Waals surface area contributed by atoms with E-state index in [1.165, 1.54) is 38.5 Å². The van der Waals surface area contributed by atoms with Crippen LogP contribution >= 0.6 is 0 Å². The van der Waals surface area contributed by atoms with Gasteiger partial charge in [-0.1, -0.05) is 60.3 Å². The molecule has 0 heterocycles. The van der Waals surface area contributed by atoms with Crippen LogP contribution in [0, 0.1) is 29.6 Å². The first kappa shape index (κ1) is 14.1. The van der Waals surface area contributed by atoms with Crippen molar-refractivity contribution in [2.24, 2.45) is 29.6 Å². The van der Waals surface area contributed by atoms with Gasteiger partial charge in [0.2, 0.25) is 0 Å². The predicted molar refractivity (Wildman–Crippen MR) is 73.5 cm³/mol. The van der Waals surface area contributed by atoms with Crippen LogP contribution in [0.5, 0.6) is 0 Å². The fourth-order valence-electron chi connectivity index (χ4n) is 3.92. The Morgan fingerprint density at radius 3 is 1.88 bits per heavy atom. The third-order valence-electron chi connectivity index (χ3n) is 5.22. The Morgan fingerprint density at radius 1 is 0.938 bits per heavy atom. The van der Waals surface area contributed by atoms with Crippen LogP contribution in [0.15, 0.2) is 0 Å². The van der Waals surface area contributed by atoms with Crippen molar-refractivity contribution in [2.75, 3.05) is 0 Å². The Hall–Kier alpha value is 0. The lowest BCUT2D eigenvalue weighted by molar-refractivity contribution is 0.133. The molecule has 0 heteroatoms. The second-order valence-electron chi connectivity index (χ2n) is 6.36. The molecule has 96 valence electrons. The van der Waals surface area contributed by atoms with Crippen LogP contribution < -0.4 is 0 Å². The van der Waals surface area contributed by atoms with Crippen molar-refractivity contribution in [1.82, 2.24) is 0 Å². The molecular weight excluding hydrogens is 192 g/mol. The fourth-order valence-corrected chi connectivity index (χ4v) is 3.92. The molecule has 0 bridgehead atoms. The van der Waals surface area contributed by atoms with Gasteiger partial charge in [0.15, 0.2) is 0 Å². The van der Waals surface area contributed by atoms with Gasteiger partial charge in [-0.3, -0.25) is 0 Å². The summed E-state index contributed by atoms with van der Waals surface area (Å²) in [5, 5.41) is 0. The zero-order chi connectivity index (χ0) is 12.1. The molecule has 0 spiro atoms. The molecule has 0 aliphatic heterocycles. The van der Waals surface area contributed by atoms with Gasteiger partial charge in [0.1, 0.15) is 0 Å². The number of rotatable bonds is 5. The van der Waals surface area contributed by atoms with Crippen molar-refractivity contribution in [3.05, 3.63) is 0 Å². The Morgan fingerprint density at radius 2 is 1.50 bits per heavy atom. The van der Waals surface area contributed by atoms with E-state index in [1.807, 2.05) is 0 Å². The predicted octanol–water partition coefficient (Wildman–Crippen LogP) is 5.52. The number of hydrogen-bond acceptors (Lipinski definition) is 0. The van der Waals surface area contributed by atoms with Gasteiger partial charge >= 0.3 is 0 Å². The summed E-state index contributed by atoms with van der Waals surface area (Å²) >= 11 is 0. The van der Waals surface area contributed by atoms with Gasteiger partial charge in [-0.05, 0) is 42.4 Å². The van der Waals surface area contributed by atoms with Crippen LogP contribution in [0.1, 0.15) is 73.1 Å². The van der Waals surface area contributed by atoms with E-state index in [1.54, 1.807) is 0 Å². The summed E-state index contributed by atoms with van der Waals surface area (Å²) in [6, 6.07) is 0. The van der Waals surface area contributed by atoms with E-state index in [-0.39, 0.29) is 0 Å². The second-order valence-corrected chi connectivity index (χ2v) is 6.36. The quantitative estimate of drug-likeness (QED) is 0.576. The first-order chi connectivity index (χ1) is 7.60. The lowest BCUT2D eigenvalue weighted by atomic mass is 9.69. The van der Waals surface area contributed by atoms with Gasteiger partial charge in [0, 0.05) is 0 Å². The minimum Gasteiger partial charge on any atom is -0.0651 e. The van der Waals surface area contributed by atoms with Gasteiger partial charge in [-0.25, -0.2) is 0 Å². The Labute approximate surface area is 103 Å². The summed E-state index contributed by atoms with van der Waals surface area (Å²) in [6.07, 6.45) is 8.78. The van der Waals surface area contributed by atoms with Crippen LogP contribution in [0.25, 0.3) is 0 Å². The van der Waals surface area contributed by atoms with E-state index in [0.29, 0.717) is 0 Å². The SMILES string of the molecule is CCC1CCC(C(C)C(CC)C(C)C)CC1. The van der Waals surface area contributed by atoms with E-state index in [9.17, 15) is 0 Å². The van der Waals surface area contributed by atoms with Crippen molar-refractivity contribution in [1.29, 1.82) is 0 Å². The van der Waals surface area contributed by atoms with Crippen molar-refractivity contribution < 1.29 is 0 Å². The van der Waals surface area contributed by atoms with Crippen LogP contribution in [-0.2, 0) is 0 Å². The largest absolute Gasteiger partial charge is 0.0651 e. The first-order valence-electron chi connectivity index (χ1n) is 7.60. The molecule has 0 saturated heterocycles. The highest BCUT2D eigenvalue weighted by atomic mass is 14.3. The highest BCUT2D eigenvalue weighted by Gasteiger charge is 2.29. The zero-order valence-electron chi connectivity index (χ0n) is 12.1. The van der Waals surface area contributed by atoms with Crippen molar-refractivity contribution >= 4 is 0 Å². The molecule has 1 saturated carbocycles. The van der Waals surface area contributed by atoms with E-state index >= 15 is 0 Å². The van der Waals surface area contributed by atoms with Crippen LogP contribution in [0.2, 0.25) is 0 Å². The molecule has 2 unspecified atom stereocenters. The number of hydrogen-bond donors (Lipinski definition) is 0. The molecule has 1 fully saturated rings. The second kappa shape index (κ2) is 6.67. The fraction of sp³-hybridized carbons (Fsp3) is 1.00. The molecule has 2 atom stereocenters. The van der Waals surface area contributed by atoms with E-state index < -0.39 is 0 Å². The third-order valence-corrected chi connectivity index (χ3v) is 5.22. The minimum absolute atomic E-state index is 0.865. The summed E-state index contributed by atoms with van der Waals surface area (Å²) in [5.74, 6) is 4.83. The lowest BCUT2D eigenvalue weighted by Gasteiger charge is -2.37. The summed E-state index contributed by atoms with van der Waals surface area (Å²) in [5.41, 5.74) is 0. The highest BCUT2D eigenvalue weighted by molar-refractivity contribution is 4.80. The maximum absolute atomic E-state index is 2.52. The van der Waals surface area contributed by atoms with Crippen LogP contribution in [0.3, 0.4) is 0 Å². The molecule has 1 aliphatic carbocycles. The summed E-state index contributed by atoms with van der Waals surface area (Å²) in [4.78, 5) is 0. The molecule has 0 aromatic carbocycles.